The molecule has 0 saturated carbocycles. The molecule has 2 saturated heterocycles. The van der Waals surface area contributed by atoms with Gasteiger partial charge in [0.2, 0.25) is 5.91 Å². The van der Waals surface area contributed by atoms with Gasteiger partial charge in [0, 0.05) is 48.6 Å². The van der Waals surface area contributed by atoms with Crippen molar-refractivity contribution in [2.75, 3.05) is 26.0 Å². The number of aromatic amines is 1. The van der Waals surface area contributed by atoms with Gasteiger partial charge in [0.05, 0.1) is 11.0 Å². The molecule has 0 unspecified atom stereocenters. The summed E-state index contributed by atoms with van der Waals surface area (Å²) in [5, 5.41) is 1.67. The van der Waals surface area contributed by atoms with Crippen LogP contribution in [0.3, 0.4) is 0 Å². The Labute approximate surface area is 241 Å². The zero-order valence-electron chi connectivity index (χ0n) is 32.0. The molecule has 0 spiro atoms. The largest absolute Gasteiger partial charge is 0.406 e. The molecular formula is C26H27F5N6O3. The Balaban J connectivity index is 1.60. The Hall–Kier alpha value is -3.97. The van der Waals surface area contributed by atoms with Gasteiger partial charge in [-0.15, -0.1) is 0 Å². The smallest absolute Gasteiger partial charge is 0.331 e. The first-order chi connectivity index (χ1) is 23.6. The molecule has 2 aliphatic heterocycles. The average Bonchev–Trinajstić information content (AvgIpc) is 3.26. The van der Waals surface area contributed by atoms with E-state index in [-0.39, 0.29) is 11.2 Å². The number of fused-ring (bicyclic) bond motifs is 1. The number of hydrogen-bond acceptors (Lipinski definition) is 4. The van der Waals surface area contributed by atoms with Crippen LogP contribution in [0.4, 0.5) is 26.7 Å². The van der Waals surface area contributed by atoms with Crippen LogP contribution >= 0.6 is 0 Å². The monoisotopic (exact) mass is 578 g/mol. The number of rotatable bonds is 4. The van der Waals surface area contributed by atoms with Gasteiger partial charge in [-0.3, -0.25) is 14.3 Å². The molecule has 14 heteroatoms. The lowest BCUT2D eigenvalue weighted by Crippen LogP contribution is -2.54. The maximum Gasteiger partial charge on any atom is 0.406 e. The molecule has 2 aliphatic rings. The van der Waals surface area contributed by atoms with E-state index in [9.17, 15) is 36.3 Å². The highest BCUT2D eigenvalue weighted by molar-refractivity contribution is 5.87. The van der Waals surface area contributed by atoms with Crippen molar-refractivity contribution in [3.05, 3.63) is 64.2 Å². The van der Waals surface area contributed by atoms with E-state index >= 15 is 0 Å². The number of carbonyl (C=O) groups is 2. The number of nitrogens with one attached hydrogen (secondary N) is 2. The fourth-order valence-corrected chi connectivity index (χ4v) is 4.23. The number of alkyl halides is 3. The van der Waals surface area contributed by atoms with E-state index in [0.717, 1.165) is 12.1 Å². The number of nitrogens with zero attached hydrogens (tertiary/aromatic N) is 4. The molecule has 214 valence electrons. The van der Waals surface area contributed by atoms with Crippen LogP contribution in [-0.2, 0) is 4.79 Å². The van der Waals surface area contributed by atoms with Crippen molar-refractivity contribution < 1.29 is 48.0 Å². The van der Waals surface area contributed by atoms with Crippen molar-refractivity contribution >= 4 is 23.1 Å². The minimum Gasteiger partial charge on any atom is -0.331 e. The lowest BCUT2D eigenvalue weighted by atomic mass is 9.93. The van der Waals surface area contributed by atoms with Crippen LogP contribution < -0.4 is 11.0 Å². The van der Waals surface area contributed by atoms with E-state index in [0.29, 0.717) is 10.6 Å². The summed E-state index contributed by atoms with van der Waals surface area (Å²) in [6, 6.07) is -2.66. The average molecular weight is 579 g/mol. The molecule has 0 radical (unpaired) electrons. The molecule has 2 aromatic heterocycles. The molecule has 40 heavy (non-hydrogen) atoms. The first-order valence-electron chi connectivity index (χ1n) is 17.6. The molecule has 2 atom stereocenters. The summed E-state index contributed by atoms with van der Waals surface area (Å²) in [7, 11) is 0. The van der Waals surface area contributed by atoms with Crippen molar-refractivity contribution in [1.82, 2.24) is 29.7 Å². The number of piperidine rings is 1. The number of carbonyl (C=O) groups excluding carboxylic acids is 2. The standard InChI is InChI=1S/C26H27F5N6O3/c27-18-4-1-3-17(21(18)28)15-6-7-19(23(38)36(13-15)14-26(29,30)31)33-24(39)35-11-8-16(9-12-35)37-20-5-2-10-32-22(20)34-25(37)40/h1-5,10,15-16,19H,6-9,11-14H2,(H,33,39)(H,32,34,40)/t15-,19-/m1/s1/i8D2,9D2,11D2,12D2,13D2,14D2. The molecule has 4 heterocycles. The third-order valence-corrected chi connectivity index (χ3v) is 6.02. The highest BCUT2D eigenvalue weighted by Gasteiger charge is 2.40. The molecule has 0 aliphatic carbocycles. The Bertz CT molecular complexity index is 1960. The normalized spacial score (nSPS) is 32.2. The maximum atomic E-state index is 14.9. The van der Waals surface area contributed by atoms with Crippen molar-refractivity contribution in [3.8, 4) is 0 Å². The molecule has 0 bridgehead atoms. The Morgan fingerprint density at radius 1 is 1.15 bits per heavy atom. The van der Waals surface area contributed by atoms with Crippen LogP contribution in [0.15, 0.2) is 41.3 Å². The SMILES string of the molecule is [2H]C1([2H])[C@H](c2cccc(F)c2F)CC[C@@H](NC(=O)N2C([2H])([2H])C([2H])([2H])C(n3c(=O)[nH]c4ncccc43)C([2H])([2H])C2([2H])[2H])C(=O)N1C([2H])([2H])C(F)(F)F. The highest BCUT2D eigenvalue weighted by Crippen LogP contribution is 2.32. The molecule has 9 nitrogen and oxygen atoms in total. The fraction of sp³-hybridized carbons (Fsp3) is 0.462. The van der Waals surface area contributed by atoms with Crippen molar-refractivity contribution in [1.29, 1.82) is 0 Å². The minimum absolute atomic E-state index is 0.216. The number of aromatic nitrogens is 3. The summed E-state index contributed by atoms with van der Waals surface area (Å²) < 4.78 is 173. The zero-order valence-corrected chi connectivity index (χ0v) is 20.0. The van der Waals surface area contributed by atoms with Crippen LogP contribution in [0.1, 0.15) is 59.6 Å². The lowest BCUT2D eigenvalue weighted by Gasteiger charge is -2.34. The molecule has 3 amide bonds. The van der Waals surface area contributed by atoms with E-state index in [1.54, 1.807) is 5.32 Å². The second kappa shape index (κ2) is 10.9. The molecular weight excluding hydrogens is 539 g/mol. The number of pyridine rings is 1. The maximum absolute atomic E-state index is 14.9. The topological polar surface area (TPSA) is 103 Å². The Morgan fingerprint density at radius 3 is 2.62 bits per heavy atom. The summed E-state index contributed by atoms with van der Waals surface area (Å²) in [5.74, 6) is -7.70. The van der Waals surface area contributed by atoms with Crippen LogP contribution in [-0.4, -0.2) is 74.5 Å². The second-order valence-electron chi connectivity index (χ2n) is 8.61. The number of imidazole rings is 1. The first kappa shape index (κ1) is 16.3. The van der Waals surface area contributed by atoms with Gasteiger partial charge in [0.25, 0.3) is 0 Å². The van der Waals surface area contributed by atoms with Crippen LogP contribution in [0.25, 0.3) is 11.2 Å². The number of urea groups is 1. The number of halogens is 5. The highest BCUT2D eigenvalue weighted by atomic mass is 19.4. The van der Waals surface area contributed by atoms with Gasteiger partial charge in [0.1, 0.15) is 12.5 Å². The number of H-pyrrole nitrogens is 1. The third-order valence-electron chi connectivity index (χ3n) is 6.02. The van der Waals surface area contributed by atoms with Crippen molar-refractivity contribution in [2.24, 2.45) is 0 Å². The van der Waals surface area contributed by atoms with Gasteiger partial charge in [0.15, 0.2) is 17.3 Å². The third kappa shape index (κ3) is 5.65. The van der Waals surface area contributed by atoms with Crippen LogP contribution in [0.5, 0.6) is 0 Å². The molecule has 1 aromatic carbocycles. The van der Waals surface area contributed by atoms with Gasteiger partial charge in [-0.25, -0.2) is 23.4 Å². The minimum atomic E-state index is -6.04. The second-order valence-corrected chi connectivity index (χ2v) is 8.61. The van der Waals surface area contributed by atoms with E-state index < -0.39 is 120 Å². The number of hydrogen-bond donors (Lipinski definition) is 2. The molecule has 2 fully saturated rings. The van der Waals surface area contributed by atoms with Crippen molar-refractivity contribution in [2.45, 2.75) is 49.8 Å². The lowest BCUT2D eigenvalue weighted by molar-refractivity contribution is -0.162. The van der Waals surface area contributed by atoms with Gasteiger partial charge in [-0.2, -0.15) is 13.2 Å². The number of amides is 3. The Morgan fingerprint density at radius 2 is 1.90 bits per heavy atom. The van der Waals surface area contributed by atoms with Gasteiger partial charge >= 0.3 is 17.9 Å². The summed E-state index contributed by atoms with van der Waals surface area (Å²) in [4.78, 5) is 44.9. The molecule has 5 rings (SSSR count). The predicted molar refractivity (Wildman–Crippen MR) is 133 cm³/mol. The number of benzene rings is 1. The fourth-order valence-electron chi connectivity index (χ4n) is 4.23. The van der Waals surface area contributed by atoms with Crippen LogP contribution in [0, 0.1) is 11.6 Å². The van der Waals surface area contributed by atoms with Gasteiger partial charge < -0.3 is 15.1 Å². The summed E-state index contributed by atoms with van der Waals surface area (Å²) in [5.41, 5.74) is -2.65. The Kier molecular flexibility index (Phi) is 4.45. The quantitative estimate of drug-likeness (QED) is 0.461. The van der Waals surface area contributed by atoms with E-state index in [4.69, 9.17) is 16.4 Å². The number of likely N-dealkylation sites (tertiary alicyclic amines) is 2. The predicted octanol–water partition coefficient (Wildman–Crippen LogP) is 3.69. The molecule has 2 N–H and O–H groups in total. The zero-order chi connectivity index (χ0) is 39.4. The van der Waals surface area contributed by atoms with Crippen molar-refractivity contribution in [3.63, 3.8) is 0 Å². The molecule has 3 aromatic rings. The van der Waals surface area contributed by atoms with E-state index in [2.05, 4.69) is 9.97 Å². The first-order valence-corrected chi connectivity index (χ1v) is 11.6. The van der Waals surface area contributed by atoms with E-state index in [1.807, 2.05) is 0 Å². The van der Waals surface area contributed by atoms with Gasteiger partial charge in [-0.05, 0) is 49.4 Å². The summed E-state index contributed by atoms with van der Waals surface area (Å²) >= 11 is 0. The van der Waals surface area contributed by atoms with E-state index in [1.165, 1.54) is 18.3 Å². The summed E-state index contributed by atoms with van der Waals surface area (Å²) in [6.07, 6.45) is -14.2. The summed E-state index contributed by atoms with van der Waals surface area (Å²) in [6.45, 7) is -16.6. The van der Waals surface area contributed by atoms with Crippen LogP contribution in [0.2, 0.25) is 0 Å². The van der Waals surface area contributed by atoms with Gasteiger partial charge in [-0.1, -0.05) is 12.1 Å².